The smallest absolute Gasteiger partial charge is 0.321 e. The third-order valence-corrected chi connectivity index (χ3v) is 5.81. The quantitative estimate of drug-likeness (QED) is 0.832. The van der Waals surface area contributed by atoms with Crippen LogP contribution in [-0.2, 0) is 0 Å². The number of nitrogens with one attached hydrogen (secondary N) is 1. The van der Waals surface area contributed by atoms with Crippen molar-refractivity contribution < 1.29 is 13.6 Å². The van der Waals surface area contributed by atoms with Crippen LogP contribution in [0.2, 0.25) is 0 Å². The maximum Gasteiger partial charge on any atom is 0.321 e. The Labute approximate surface area is 174 Å². The van der Waals surface area contributed by atoms with E-state index in [1.807, 2.05) is 12.1 Å². The first-order valence-corrected chi connectivity index (χ1v) is 10.3. The van der Waals surface area contributed by atoms with Crippen molar-refractivity contribution in [3.05, 3.63) is 42.0 Å². The molecule has 160 valence electrons. The molecule has 2 fully saturated rings. The standard InChI is InChI=1S/C21H26F2N6O/c1-15-6-8-27(9-7-15)19-4-5-20(26-25-19)28-10-12-29(13-11-28)21(30)24-16-2-3-17(22)18(23)14-16/h2-5,14-15H,6-13H2,1H3,(H,24,30). The third-order valence-electron chi connectivity index (χ3n) is 5.81. The highest BCUT2D eigenvalue weighted by atomic mass is 19.2. The number of hydrogen-bond acceptors (Lipinski definition) is 5. The van der Waals surface area contributed by atoms with Crippen molar-refractivity contribution in [1.82, 2.24) is 15.1 Å². The first-order valence-electron chi connectivity index (χ1n) is 10.3. The molecule has 2 amide bonds. The highest BCUT2D eigenvalue weighted by Gasteiger charge is 2.23. The fraction of sp³-hybridized carbons (Fsp3) is 0.476. The topological polar surface area (TPSA) is 64.6 Å². The summed E-state index contributed by atoms with van der Waals surface area (Å²) in [5.41, 5.74) is 0.231. The van der Waals surface area contributed by atoms with E-state index in [1.165, 1.54) is 18.9 Å². The van der Waals surface area contributed by atoms with Gasteiger partial charge in [-0.05, 0) is 43.0 Å². The van der Waals surface area contributed by atoms with Crippen molar-refractivity contribution in [2.45, 2.75) is 19.8 Å². The highest BCUT2D eigenvalue weighted by molar-refractivity contribution is 5.89. The number of halogens is 2. The Bertz CT molecular complexity index is 878. The summed E-state index contributed by atoms with van der Waals surface area (Å²) in [7, 11) is 0. The number of hydrogen-bond donors (Lipinski definition) is 1. The average Bonchev–Trinajstić information content (AvgIpc) is 2.77. The van der Waals surface area contributed by atoms with E-state index in [4.69, 9.17) is 0 Å². The molecule has 0 bridgehead atoms. The van der Waals surface area contributed by atoms with Crippen LogP contribution in [0.3, 0.4) is 0 Å². The number of rotatable bonds is 3. The number of carbonyl (C=O) groups excluding carboxylic acids is 1. The molecule has 0 radical (unpaired) electrons. The van der Waals surface area contributed by atoms with Crippen LogP contribution in [0.4, 0.5) is 30.9 Å². The lowest BCUT2D eigenvalue weighted by Crippen LogP contribution is -2.50. The van der Waals surface area contributed by atoms with E-state index in [9.17, 15) is 13.6 Å². The van der Waals surface area contributed by atoms with Crippen molar-refractivity contribution in [2.24, 2.45) is 5.92 Å². The van der Waals surface area contributed by atoms with Crippen molar-refractivity contribution in [3.8, 4) is 0 Å². The third kappa shape index (κ3) is 4.60. The minimum atomic E-state index is -0.987. The maximum absolute atomic E-state index is 13.3. The molecule has 30 heavy (non-hydrogen) atoms. The van der Waals surface area contributed by atoms with Crippen LogP contribution < -0.4 is 15.1 Å². The molecule has 2 aromatic rings. The van der Waals surface area contributed by atoms with Gasteiger partial charge in [0.05, 0.1) is 0 Å². The molecule has 0 spiro atoms. The molecule has 1 aromatic carbocycles. The number of urea groups is 1. The zero-order chi connectivity index (χ0) is 21.1. The summed E-state index contributed by atoms with van der Waals surface area (Å²) >= 11 is 0. The monoisotopic (exact) mass is 416 g/mol. The van der Waals surface area contributed by atoms with E-state index < -0.39 is 11.6 Å². The van der Waals surface area contributed by atoms with Crippen molar-refractivity contribution in [1.29, 1.82) is 0 Å². The Morgan fingerprint density at radius 2 is 1.50 bits per heavy atom. The van der Waals surface area contributed by atoms with E-state index in [2.05, 4.69) is 32.2 Å². The highest BCUT2D eigenvalue weighted by Crippen LogP contribution is 2.22. The molecule has 1 aromatic heterocycles. The van der Waals surface area contributed by atoms with E-state index in [1.54, 1.807) is 4.90 Å². The lowest BCUT2D eigenvalue weighted by molar-refractivity contribution is 0.208. The number of piperidine rings is 1. The van der Waals surface area contributed by atoms with Gasteiger partial charge in [0.1, 0.15) is 0 Å². The van der Waals surface area contributed by atoms with Crippen molar-refractivity contribution in [2.75, 3.05) is 54.4 Å². The lowest BCUT2D eigenvalue weighted by atomic mass is 9.99. The second kappa shape index (κ2) is 8.81. The van der Waals surface area contributed by atoms with Crippen LogP contribution in [0.1, 0.15) is 19.8 Å². The fourth-order valence-corrected chi connectivity index (χ4v) is 3.81. The summed E-state index contributed by atoms with van der Waals surface area (Å²) in [6, 6.07) is 6.98. The summed E-state index contributed by atoms with van der Waals surface area (Å²) in [6.07, 6.45) is 2.36. The van der Waals surface area contributed by atoms with Gasteiger partial charge in [-0.15, -0.1) is 10.2 Å². The van der Waals surface area contributed by atoms with Crippen LogP contribution in [0.5, 0.6) is 0 Å². The van der Waals surface area contributed by atoms with Gasteiger partial charge in [-0.2, -0.15) is 0 Å². The number of amides is 2. The lowest BCUT2D eigenvalue weighted by Gasteiger charge is -2.35. The fourth-order valence-electron chi connectivity index (χ4n) is 3.81. The number of benzene rings is 1. The molecular formula is C21H26F2N6O. The molecular weight excluding hydrogens is 390 g/mol. The first-order chi connectivity index (χ1) is 14.5. The minimum absolute atomic E-state index is 0.231. The number of anilines is 3. The number of carbonyl (C=O) groups is 1. The summed E-state index contributed by atoms with van der Waals surface area (Å²) in [4.78, 5) is 18.4. The molecule has 4 rings (SSSR count). The van der Waals surface area contributed by atoms with Gasteiger partial charge in [0.25, 0.3) is 0 Å². The predicted octanol–water partition coefficient (Wildman–Crippen LogP) is 3.35. The summed E-state index contributed by atoms with van der Waals surface area (Å²) in [6.45, 7) is 6.57. The Hall–Kier alpha value is -2.97. The zero-order valence-corrected chi connectivity index (χ0v) is 17.0. The molecule has 0 aliphatic carbocycles. The molecule has 7 nitrogen and oxygen atoms in total. The van der Waals surface area contributed by atoms with Crippen LogP contribution in [-0.4, -0.2) is 60.4 Å². The van der Waals surface area contributed by atoms with Gasteiger partial charge >= 0.3 is 6.03 Å². The predicted molar refractivity (Wildman–Crippen MR) is 112 cm³/mol. The molecule has 1 N–H and O–H groups in total. The van der Waals surface area contributed by atoms with E-state index in [-0.39, 0.29) is 11.7 Å². The number of aromatic nitrogens is 2. The molecule has 2 saturated heterocycles. The summed E-state index contributed by atoms with van der Waals surface area (Å²) < 4.78 is 26.3. The largest absolute Gasteiger partial charge is 0.355 e. The Morgan fingerprint density at radius 1 is 0.900 bits per heavy atom. The molecule has 0 unspecified atom stereocenters. The van der Waals surface area contributed by atoms with Gasteiger partial charge in [-0.25, -0.2) is 13.6 Å². The maximum atomic E-state index is 13.3. The van der Waals surface area contributed by atoms with Crippen LogP contribution in [0, 0.1) is 17.6 Å². The second-order valence-electron chi connectivity index (χ2n) is 7.95. The Kier molecular flexibility index (Phi) is 5.96. The van der Waals surface area contributed by atoms with E-state index >= 15 is 0 Å². The van der Waals surface area contributed by atoms with Crippen LogP contribution in [0.25, 0.3) is 0 Å². The van der Waals surface area contributed by atoms with E-state index in [0.29, 0.717) is 26.2 Å². The van der Waals surface area contributed by atoms with Crippen molar-refractivity contribution >= 4 is 23.4 Å². The van der Waals surface area contributed by atoms with Gasteiger partial charge in [0.2, 0.25) is 0 Å². The molecule has 9 heteroatoms. The normalized spacial score (nSPS) is 17.9. The number of piperazine rings is 1. The van der Waals surface area contributed by atoms with Gasteiger partial charge in [-0.1, -0.05) is 6.92 Å². The Morgan fingerprint density at radius 3 is 2.07 bits per heavy atom. The SMILES string of the molecule is CC1CCN(c2ccc(N3CCN(C(=O)Nc4ccc(F)c(F)c4)CC3)nn2)CC1. The molecule has 0 atom stereocenters. The van der Waals surface area contributed by atoms with Crippen LogP contribution >= 0.6 is 0 Å². The van der Waals surface area contributed by atoms with Gasteiger partial charge in [-0.3, -0.25) is 0 Å². The Balaban J connectivity index is 1.29. The molecule has 0 saturated carbocycles. The summed E-state index contributed by atoms with van der Waals surface area (Å²) in [5.74, 6) is 0.548. The number of nitrogens with zero attached hydrogens (tertiary/aromatic N) is 5. The van der Waals surface area contributed by atoms with Crippen molar-refractivity contribution in [3.63, 3.8) is 0 Å². The molecule has 2 aliphatic heterocycles. The zero-order valence-electron chi connectivity index (χ0n) is 17.0. The van der Waals surface area contributed by atoms with Gasteiger partial charge in [0.15, 0.2) is 23.3 Å². The minimum Gasteiger partial charge on any atom is -0.355 e. The second-order valence-corrected chi connectivity index (χ2v) is 7.95. The molecule has 3 heterocycles. The van der Waals surface area contributed by atoms with E-state index in [0.717, 1.165) is 42.8 Å². The molecule has 2 aliphatic rings. The van der Waals surface area contributed by atoms with Gasteiger partial charge in [0, 0.05) is 51.0 Å². The van der Waals surface area contributed by atoms with Gasteiger partial charge < -0.3 is 20.0 Å². The summed E-state index contributed by atoms with van der Waals surface area (Å²) in [5, 5.41) is 11.4. The van der Waals surface area contributed by atoms with Crippen LogP contribution in [0.15, 0.2) is 30.3 Å². The first kappa shape index (κ1) is 20.3. The average molecular weight is 416 g/mol.